The highest BCUT2D eigenvalue weighted by molar-refractivity contribution is 6.40. The molecular weight excluding hydrogens is 262 g/mol. The summed E-state index contributed by atoms with van der Waals surface area (Å²) in [6.07, 6.45) is 1.82. The SMILES string of the molecule is O=C1COc2c(cccc2NC(=O)C(=O)NC2CC2)N1. The lowest BCUT2D eigenvalue weighted by Crippen LogP contribution is -2.37. The summed E-state index contributed by atoms with van der Waals surface area (Å²) < 4.78 is 5.28. The van der Waals surface area contributed by atoms with Gasteiger partial charge in [-0.05, 0) is 25.0 Å². The van der Waals surface area contributed by atoms with Gasteiger partial charge in [0.2, 0.25) is 0 Å². The van der Waals surface area contributed by atoms with Crippen molar-refractivity contribution in [3.8, 4) is 5.75 Å². The molecule has 0 radical (unpaired) electrons. The average molecular weight is 275 g/mol. The predicted molar refractivity (Wildman–Crippen MR) is 70.4 cm³/mol. The van der Waals surface area contributed by atoms with Gasteiger partial charge in [-0.3, -0.25) is 14.4 Å². The Kier molecular flexibility index (Phi) is 3.02. The number of hydrogen-bond acceptors (Lipinski definition) is 4. The number of hydrogen-bond donors (Lipinski definition) is 3. The van der Waals surface area contributed by atoms with Crippen molar-refractivity contribution in [2.45, 2.75) is 18.9 Å². The zero-order valence-electron chi connectivity index (χ0n) is 10.6. The fourth-order valence-electron chi connectivity index (χ4n) is 1.87. The standard InChI is InChI=1S/C13H13N3O4/c17-10-6-20-11-8(15-10)2-1-3-9(11)16-13(19)12(18)14-7-4-5-7/h1-3,7H,4-6H2,(H,14,18)(H,15,17)(H,16,19). The zero-order valence-corrected chi connectivity index (χ0v) is 10.6. The smallest absolute Gasteiger partial charge is 0.313 e. The molecule has 0 bridgehead atoms. The maximum Gasteiger partial charge on any atom is 0.313 e. The van der Waals surface area contributed by atoms with Gasteiger partial charge in [-0.25, -0.2) is 0 Å². The van der Waals surface area contributed by atoms with Gasteiger partial charge in [-0.15, -0.1) is 0 Å². The van der Waals surface area contributed by atoms with E-state index in [1.165, 1.54) is 0 Å². The molecule has 20 heavy (non-hydrogen) atoms. The van der Waals surface area contributed by atoms with Crippen molar-refractivity contribution in [1.29, 1.82) is 0 Å². The van der Waals surface area contributed by atoms with Crippen molar-refractivity contribution in [3.63, 3.8) is 0 Å². The molecule has 1 aromatic rings. The Hall–Kier alpha value is -2.57. The molecule has 1 aliphatic carbocycles. The molecule has 0 atom stereocenters. The van der Waals surface area contributed by atoms with Crippen LogP contribution in [0.15, 0.2) is 18.2 Å². The summed E-state index contributed by atoms with van der Waals surface area (Å²) in [7, 11) is 0. The second kappa shape index (κ2) is 4.84. The monoisotopic (exact) mass is 275 g/mol. The summed E-state index contributed by atoms with van der Waals surface area (Å²) in [6.45, 7) is -0.117. The van der Waals surface area contributed by atoms with Crippen LogP contribution in [0.25, 0.3) is 0 Å². The Morgan fingerprint density at radius 3 is 2.80 bits per heavy atom. The lowest BCUT2D eigenvalue weighted by molar-refractivity contribution is -0.136. The Morgan fingerprint density at radius 2 is 2.05 bits per heavy atom. The van der Waals surface area contributed by atoms with Crippen LogP contribution in [0, 0.1) is 0 Å². The van der Waals surface area contributed by atoms with Gasteiger partial charge in [0.25, 0.3) is 5.91 Å². The number of para-hydroxylation sites is 1. The third-order valence-corrected chi connectivity index (χ3v) is 3.00. The van der Waals surface area contributed by atoms with Crippen LogP contribution in [0.3, 0.4) is 0 Å². The minimum absolute atomic E-state index is 0.117. The summed E-state index contributed by atoms with van der Waals surface area (Å²) in [4.78, 5) is 34.6. The highest BCUT2D eigenvalue weighted by Crippen LogP contribution is 2.35. The van der Waals surface area contributed by atoms with Crippen molar-refractivity contribution >= 4 is 29.1 Å². The summed E-state index contributed by atoms with van der Waals surface area (Å²) in [5, 5.41) is 7.72. The Morgan fingerprint density at radius 1 is 1.25 bits per heavy atom. The second-order valence-corrected chi connectivity index (χ2v) is 4.72. The molecule has 0 spiro atoms. The average Bonchev–Trinajstić information content (AvgIpc) is 3.22. The molecule has 1 aliphatic heterocycles. The molecule has 7 heteroatoms. The maximum atomic E-state index is 11.8. The highest BCUT2D eigenvalue weighted by Gasteiger charge is 2.27. The van der Waals surface area contributed by atoms with Crippen molar-refractivity contribution in [2.24, 2.45) is 0 Å². The summed E-state index contributed by atoms with van der Waals surface area (Å²) in [5.41, 5.74) is 0.833. The fourth-order valence-corrected chi connectivity index (χ4v) is 1.87. The normalized spacial score (nSPS) is 16.5. The first-order chi connectivity index (χ1) is 9.63. The number of nitrogens with one attached hydrogen (secondary N) is 3. The summed E-state index contributed by atoms with van der Waals surface area (Å²) in [5.74, 6) is -1.30. The molecule has 0 aromatic heterocycles. The Labute approximate surface area is 114 Å². The molecule has 1 heterocycles. The largest absolute Gasteiger partial charge is 0.479 e. The van der Waals surface area contributed by atoms with Gasteiger partial charge in [-0.1, -0.05) is 6.07 Å². The first-order valence-corrected chi connectivity index (χ1v) is 6.31. The maximum absolute atomic E-state index is 11.8. The van der Waals surface area contributed by atoms with Crippen LogP contribution in [-0.4, -0.2) is 30.4 Å². The molecule has 0 saturated heterocycles. The van der Waals surface area contributed by atoms with E-state index in [1.807, 2.05) is 0 Å². The van der Waals surface area contributed by atoms with Crippen LogP contribution >= 0.6 is 0 Å². The minimum Gasteiger partial charge on any atom is -0.479 e. The van der Waals surface area contributed by atoms with Gasteiger partial charge >= 0.3 is 11.8 Å². The summed E-state index contributed by atoms with van der Waals surface area (Å²) in [6, 6.07) is 5.04. The van der Waals surface area contributed by atoms with Crippen LogP contribution in [-0.2, 0) is 14.4 Å². The molecule has 1 fully saturated rings. The first kappa shape index (κ1) is 12.5. The number of amides is 3. The Balaban J connectivity index is 1.73. The fraction of sp³-hybridized carbons (Fsp3) is 0.308. The van der Waals surface area contributed by atoms with E-state index in [2.05, 4.69) is 16.0 Å². The molecule has 7 nitrogen and oxygen atoms in total. The van der Waals surface area contributed by atoms with E-state index in [1.54, 1.807) is 18.2 Å². The van der Waals surface area contributed by atoms with E-state index in [4.69, 9.17) is 4.74 Å². The van der Waals surface area contributed by atoms with Gasteiger partial charge in [0.15, 0.2) is 12.4 Å². The van der Waals surface area contributed by atoms with E-state index in [0.29, 0.717) is 17.1 Å². The second-order valence-electron chi connectivity index (χ2n) is 4.72. The van der Waals surface area contributed by atoms with E-state index in [9.17, 15) is 14.4 Å². The molecule has 0 unspecified atom stereocenters. The zero-order chi connectivity index (χ0) is 14.1. The molecule has 104 valence electrons. The number of carbonyl (C=O) groups excluding carboxylic acids is 3. The lowest BCUT2D eigenvalue weighted by Gasteiger charge is -2.20. The number of benzene rings is 1. The number of rotatable bonds is 2. The molecule has 2 aliphatic rings. The number of carbonyl (C=O) groups is 3. The highest BCUT2D eigenvalue weighted by atomic mass is 16.5. The van der Waals surface area contributed by atoms with Gasteiger partial charge < -0.3 is 20.7 Å². The Bertz CT molecular complexity index is 595. The molecule has 3 amide bonds. The number of anilines is 2. The van der Waals surface area contributed by atoms with E-state index in [-0.39, 0.29) is 18.6 Å². The first-order valence-electron chi connectivity index (χ1n) is 6.31. The van der Waals surface area contributed by atoms with Crippen LogP contribution in [0.2, 0.25) is 0 Å². The van der Waals surface area contributed by atoms with Crippen molar-refractivity contribution in [2.75, 3.05) is 17.2 Å². The number of fused-ring (bicyclic) bond motifs is 1. The van der Waals surface area contributed by atoms with Gasteiger partial charge in [-0.2, -0.15) is 0 Å². The molecule has 3 N–H and O–H groups in total. The van der Waals surface area contributed by atoms with Crippen molar-refractivity contribution in [3.05, 3.63) is 18.2 Å². The molecule has 3 rings (SSSR count). The predicted octanol–water partition coefficient (Wildman–Crippen LogP) is 0.235. The van der Waals surface area contributed by atoms with Gasteiger partial charge in [0.1, 0.15) is 0 Å². The van der Waals surface area contributed by atoms with Gasteiger partial charge in [0, 0.05) is 6.04 Å². The third-order valence-electron chi connectivity index (χ3n) is 3.00. The minimum atomic E-state index is -0.745. The van der Waals surface area contributed by atoms with Crippen LogP contribution in [0.5, 0.6) is 5.75 Å². The molecular formula is C13H13N3O4. The van der Waals surface area contributed by atoms with Crippen molar-refractivity contribution < 1.29 is 19.1 Å². The van der Waals surface area contributed by atoms with E-state index < -0.39 is 11.8 Å². The van der Waals surface area contributed by atoms with Crippen LogP contribution in [0.4, 0.5) is 11.4 Å². The van der Waals surface area contributed by atoms with Crippen LogP contribution in [0.1, 0.15) is 12.8 Å². The van der Waals surface area contributed by atoms with Gasteiger partial charge in [0.05, 0.1) is 11.4 Å². The summed E-state index contributed by atoms with van der Waals surface area (Å²) >= 11 is 0. The quantitative estimate of drug-likeness (QED) is 0.673. The lowest BCUT2D eigenvalue weighted by atomic mass is 10.2. The van der Waals surface area contributed by atoms with E-state index in [0.717, 1.165) is 12.8 Å². The van der Waals surface area contributed by atoms with E-state index >= 15 is 0 Å². The molecule has 1 aromatic carbocycles. The topological polar surface area (TPSA) is 96.5 Å². The van der Waals surface area contributed by atoms with Crippen molar-refractivity contribution in [1.82, 2.24) is 5.32 Å². The number of ether oxygens (including phenoxy) is 1. The van der Waals surface area contributed by atoms with Crippen LogP contribution < -0.4 is 20.7 Å². The molecule has 1 saturated carbocycles. The third kappa shape index (κ3) is 2.56.